The van der Waals surface area contributed by atoms with Crippen molar-refractivity contribution in [2.24, 2.45) is 5.92 Å². The summed E-state index contributed by atoms with van der Waals surface area (Å²) in [6.07, 6.45) is 2.63. The van der Waals surface area contributed by atoms with E-state index in [4.69, 9.17) is 10.5 Å². The zero-order valence-electron chi connectivity index (χ0n) is 10.2. The molecule has 0 aliphatic heterocycles. The van der Waals surface area contributed by atoms with Crippen molar-refractivity contribution in [2.75, 3.05) is 18.2 Å². The van der Waals surface area contributed by atoms with Crippen LogP contribution in [0.5, 0.6) is 5.75 Å². The van der Waals surface area contributed by atoms with Gasteiger partial charge in [0.2, 0.25) is 0 Å². The van der Waals surface area contributed by atoms with Crippen molar-refractivity contribution in [1.82, 2.24) is 0 Å². The van der Waals surface area contributed by atoms with Crippen LogP contribution >= 0.6 is 0 Å². The molecule has 88 valence electrons. The molecule has 0 atom stereocenters. The zero-order chi connectivity index (χ0) is 11.8. The minimum absolute atomic E-state index is 0.128. The molecule has 0 aromatic heterocycles. The Balaban J connectivity index is 2.14. The van der Waals surface area contributed by atoms with E-state index in [1.165, 1.54) is 12.8 Å². The smallest absolute Gasteiger partial charge is 0.121 e. The van der Waals surface area contributed by atoms with Crippen LogP contribution in [0.1, 0.15) is 26.7 Å². The van der Waals surface area contributed by atoms with Crippen LogP contribution in [0.2, 0.25) is 0 Å². The molecule has 1 aromatic rings. The van der Waals surface area contributed by atoms with Crippen LogP contribution < -0.4 is 15.8 Å². The lowest BCUT2D eigenvalue weighted by Crippen LogP contribution is -2.33. The highest BCUT2D eigenvalue weighted by molar-refractivity contribution is 5.69. The van der Waals surface area contributed by atoms with Gasteiger partial charge in [-0.15, -0.1) is 0 Å². The Bertz CT molecular complexity index is 384. The maximum Gasteiger partial charge on any atom is 0.121 e. The van der Waals surface area contributed by atoms with E-state index in [1.807, 2.05) is 18.2 Å². The van der Waals surface area contributed by atoms with Crippen molar-refractivity contribution in [3.63, 3.8) is 0 Å². The molecule has 1 aromatic carbocycles. The highest BCUT2D eigenvalue weighted by Crippen LogP contribution is 2.42. The molecule has 0 unspecified atom stereocenters. The molecule has 0 radical (unpaired) electrons. The SMILES string of the molecule is COc1ccc(NC(C)(C)C2CC2)c(N)c1. The van der Waals surface area contributed by atoms with E-state index in [1.54, 1.807) is 7.11 Å². The first kappa shape index (κ1) is 11.1. The molecule has 2 rings (SSSR count). The van der Waals surface area contributed by atoms with Gasteiger partial charge in [0.1, 0.15) is 5.75 Å². The van der Waals surface area contributed by atoms with Gasteiger partial charge in [0.25, 0.3) is 0 Å². The van der Waals surface area contributed by atoms with Crippen molar-refractivity contribution >= 4 is 11.4 Å². The summed E-state index contributed by atoms with van der Waals surface area (Å²) in [5, 5.41) is 3.52. The molecule has 3 N–H and O–H groups in total. The Kier molecular flexibility index (Phi) is 2.70. The first-order valence-corrected chi connectivity index (χ1v) is 5.74. The normalized spacial score (nSPS) is 15.9. The second-order valence-electron chi connectivity index (χ2n) is 5.07. The Morgan fingerprint density at radius 1 is 1.38 bits per heavy atom. The average Bonchev–Trinajstić information content (AvgIpc) is 3.04. The van der Waals surface area contributed by atoms with Crippen LogP contribution in [0.15, 0.2) is 18.2 Å². The molecule has 0 bridgehead atoms. The van der Waals surface area contributed by atoms with E-state index in [9.17, 15) is 0 Å². The summed E-state index contributed by atoms with van der Waals surface area (Å²) in [4.78, 5) is 0. The van der Waals surface area contributed by atoms with Crippen LogP contribution in [0, 0.1) is 5.92 Å². The number of ether oxygens (including phenoxy) is 1. The van der Waals surface area contributed by atoms with Crippen LogP contribution in [0.4, 0.5) is 11.4 Å². The van der Waals surface area contributed by atoms with Gasteiger partial charge >= 0.3 is 0 Å². The summed E-state index contributed by atoms with van der Waals surface area (Å²) < 4.78 is 5.13. The molecule has 1 aliphatic carbocycles. The topological polar surface area (TPSA) is 47.3 Å². The zero-order valence-corrected chi connectivity index (χ0v) is 10.2. The van der Waals surface area contributed by atoms with Crippen LogP contribution in [-0.4, -0.2) is 12.6 Å². The summed E-state index contributed by atoms with van der Waals surface area (Å²) in [5.41, 5.74) is 7.85. The maximum absolute atomic E-state index is 5.98. The number of hydrogen-bond donors (Lipinski definition) is 2. The Morgan fingerprint density at radius 2 is 2.06 bits per heavy atom. The molecule has 1 aliphatic rings. The van der Waals surface area contributed by atoms with Gasteiger partial charge in [-0.1, -0.05) is 0 Å². The molecule has 0 spiro atoms. The number of nitrogens with two attached hydrogens (primary N) is 1. The quantitative estimate of drug-likeness (QED) is 0.767. The van der Waals surface area contributed by atoms with Gasteiger partial charge in [0.05, 0.1) is 18.5 Å². The number of rotatable bonds is 4. The van der Waals surface area contributed by atoms with Crippen LogP contribution in [-0.2, 0) is 0 Å². The number of nitrogens with one attached hydrogen (secondary N) is 1. The van der Waals surface area contributed by atoms with Gasteiger partial charge in [-0.25, -0.2) is 0 Å². The Labute approximate surface area is 97.0 Å². The summed E-state index contributed by atoms with van der Waals surface area (Å²) in [6, 6.07) is 5.77. The van der Waals surface area contributed by atoms with E-state index in [0.29, 0.717) is 0 Å². The van der Waals surface area contributed by atoms with Crippen LogP contribution in [0.3, 0.4) is 0 Å². The molecule has 3 nitrogen and oxygen atoms in total. The number of hydrogen-bond acceptors (Lipinski definition) is 3. The van der Waals surface area contributed by atoms with Crippen molar-refractivity contribution in [3.8, 4) is 5.75 Å². The molecule has 0 saturated heterocycles. The summed E-state index contributed by atoms with van der Waals surface area (Å²) in [6.45, 7) is 4.46. The van der Waals surface area contributed by atoms with Gasteiger partial charge in [0, 0.05) is 11.6 Å². The minimum Gasteiger partial charge on any atom is -0.497 e. The van der Waals surface area contributed by atoms with Gasteiger partial charge in [-0.3, -0.25) is 0 Å². The molecule has 3 heteroatoms. The molecule has 0 amide bonds. The standard InChI is InChI=1S/C13H20N2O/c1-13(2,9-4-5-9)15-12-7-6-10(16-3)8-11(12)14/h6-9,15H,4-5,14H2,1-3H3. The molecule has 1 saturated carbocycles. The lowest BCUT2D eigenvalue weighted by Gasteiger charge is -2.28. The van der Waals surface area contributed by atoms with E-state index in [0.717, 1.165) is 23.0 Å². The van der Waals surface area contributed by atoms with Gasteiger partial charge in [-0.2, -0.15) is 0 Å². The number of nitrogen functional groups attached to an aromatic ring is 1. The van der Waals surface area contributed by atoms with Crippen LogP contribution in [0.25, 0.3) is 0 Å². The van der Waals surface area contributed by atoms with E-state index < -0.39 is 0 Å². The van der Waals surface area contributed by atoms with Crippen molar-refractivity contribution in [3.05, 3.63) is 18.2 Å². The second kappa shape index (κ2) is 3.89. The first-order chi connectivity index (χ1) is 7.53. The third-order valence-electron chi connectivity index (χ3n) is 3.31. The molecular formula is C13H20N2O. The highest BCUT2D eigenvalue weighted by atomic mass is 16.5. The van der Waals surface area contributed by atoms with Gasteiger partial charge < -0.3 is 15.8 Å². The minimum atomic E-state index is 0.128. The lowest BCUT2D eigenvalue weighted by atomic mass is 9.98. The third-order valence-corrected chi connectivity index (χ3v) is 3.31. The summed E-state index contributed by atoms with van der Waals surface area (Å²) >= 11 is 0. The van der Waals surface area contributed by atoms with E-state index in [-0.39, 0.29) is 5.54 Å². The first-order valence-electron chi connectivity index (χ1n) is 5.74. The predicted molar refractivity (Wildman–Crippen MR) is 67.8 cm³/mol. The monoisotopic (exact) mass is 220 g/mol. The average molecular weight is 220 g/mol. The molecule has 1 fully saturated rings. The summed E-state index contributed by atoms with van der Waals surface area (Å²) in [7, 11) is 1.65. The molecule has 16 heavy (non-hydrogen) atoms. The fraction of sp³-hybridized carbons (Fsp3) is 0.538. The van der Waals surface area contributed by atoms with Crippen molar-refractivity contribution < 1.29 is 4.74 Å². The highest BCUT2D eigenvalue weighted by Gasteiger charge is 2.37. The fourth-order valence-corrected chi connectivity index (χ4v) is 2.04. The van der Waals surface area contributed by atoms with E-state index >= 15 is 0 Å². The Hall–Kier alpha value is -1.38. The second-order valence-corrected chi connectivity index (χ2v) is 5.07. The number of methoxy groups -OCH3 is 1. The molecule has 0 heterocycles. The fourth-order valence-electron chi connectivity index (χ4n) is 2.04. The predicted octanol–water partition coefficient (Wildman–Crippen LogP) is 2.88. The lowest BCUT2D eigenvalue weighted by molar-refractivity contribution is 0.415. The number of benzene rings is 1. The largest absolute Gasteiger partial charge is 0.497 e. The number of anilines is 2. The Morgan fingerprint density at radius 3 is 2.56 bits per heavy atom. The molecular weight excluding hydrogens is 200 g/mol. The van der Waals surface area contributed by atoms with Crippen molar-refractivity contribution in [2.45, 2.75) is 32.2 Å². The third kappa shape index (κ3) is 2.23. The van der Waals surface area contributed by atoms with E-state index in [2.05, 4.69) is 19.2 Å². The van der Waals surface area contributed by atoms with Gasteiger partial charge in [-0.05, 0) is 44.7 Å². The summed E-state index contributed by atoms with van der Waals surface area (Å²) in [5.74, 6) is 1.57. The van der Waals surface area contributed by atoms with Gasteiger partial charge in [0.15, 0.2) is 0 Å². The maximum atomic E-state index is 5.98. The van der Waals surface area contributed by atoms with Crippen molar-refractivity contribution in [1.29, 1.82) is 0 Å².